The first-order valence-electron chi connectivity index (χ1n) is 6.41. The molecule has 2 heteroatoms. The summed E-state index contributed by atoms with van der Waals surface area (Å²) in [5.41, 5.74) is 3.82. The lowest BCUT2D eigenvalue weighted by atomic mass is 9.96. The molecule has 0 N–H and O–H groups in total. The summed E-state index contributed by atoms with van der Waals surface area (Å²) in [4.78, 5) is 0.137. The number of aryl methyl sites for hydroxylation is 1. The van der Waals surface area contributed by atoms with Crippen molar-refractivity contribution in [2.75, 3.05) is 0 Å². The highest BCUT2D eigenvalue weighted by Crippen LogP contribution is 2.34. The molecule has 18 heavy (non-hydrogen) atoms. The van der Waals surface area contributed by atoms with E-state index < -0.39 is 0 Å². The summed E-state index contributed by atoms with van der Waals surface area (Å²) >= 11 is 3.71. The van der Waals surface area contributed by atoms with Gasteiger partial charge in [-0.15, -0.1) is 0 Å². The largest absolute Gasteiger partial charge is 0.468 e. The van der Waals surface area contributed by atoms with E-state index in [0.717, 1.165) is 5.76 Å². The molecule has 2 aromatic rings. The van der Waals surface area contributed by atoms with Crippen molar-refractivity contribution in [3.05, 3.63) is 59.0 Å². The van der Waals surface area contributed by atoms with Crippen LogP contribution in [0.5, 0.6) is 0 Å². The zero-order valence-corrected chi connectivity index (χ0v) is 12.7. The Labute approximate surface area is 117 Å². The Kier molecular flexibility index (Phi) is 4.28. The SMILES string of the molecule is CCC(C)c1ccc(C(Br)c2occc2C)cc1. The zero-order valence-electron chi connectivity index (χ0n) is 11.1. The minimum absolute atomic E-state index is 0.137. The summed E-state index contributed by atoms with van der Waals surface area (Å²) in [5.74, 6) is 1.62. The third-order valence-corrected chi connectivity index (χ3v) is 4.49. The van der Waals surface area contributed by atoms with Crippen LogP contribution in [0.15, 0.2) is 41.0 Å². The van der Waals surface area contributed by atoms with Gasteiger partial charge in [-0.05, 0) is 42.0 Å². The van der Waals surface area contributed by atoms with Gasteiger partial charge in [0.2, 0.25) is 0 Å². The van der Waals surface area contributed by atoms with Crippen LogP contribution in [0.4, 0.5) is 0 Å². The van der Waals surface area contributed by atoms with Gasteiger partial charge in [0.05, 0.1) is 11.1 Å². The molecule has 0 spiro atoms. The molecule has 0 saturated carbocycles. The number of halogens is 1. The van der Waals surface area contributed by atoms with E-state index >= 15 is 0 Å². The number of benzene rings is 1. The standard InChI is InChI=1S/C16H19BrO/c1-4-11(2)13-5-7-14(8-6-13)15(17)16-12(3)9-10-18-16/h5-11,15H,4H2,1-3H3. The topological polar surface area (TPSA) is 13.1 Å². The van der Waals surface area contributed by atoms with E-state index in [0.29, 0.717) is 5.92 Å². The number of hydrogen-bond acceptors (Lipinski definition) is 1. The van der Waals surface area contributed by atoms with Crippen LogP contribution in [0, 0.1) is 6.92 Å². The molecule has 0 aliphatic carbocycles. The van der Waals surface area contributed by atoms with Crippen LogP contribution < -0.4 is 0 Å². The van der Waals surface area contributed by atoms with Crippen molar-refractivity contribution in [1.29, 1.82) is 0 Å². The molecule has 0 fully saturated rings. The van der Waals surface area contributed by atoms with E-state index in [9.17, 15) is 0 Å². The van der Waals surface area contributed by atoms with Gasteiger partial charge in [0.1, 0.15) is 5.76 Å². The van der Waals surface area contributed by atoms with Crippen molar-refractivity contribution in [3.8, 4) is 0 Å². The van der Waals surface area contributed by atoms with Crippen molar-refractivity contribution < 1.29 is 4.42 Å². The predicted molar refractivity (Wildman–Crippen MR) is 79.4 cm³/mol. The molecule has 0 radical (unpaired) electrons. The lowest BCUT2D eigenvalue weighted by Gasteiger charge is -2.12. The normalized spacial score (nSPS) is 14.4. The summed E-state index contributed by atoms with van der Waals surface area (Å²) in [6, 6.07) is 10.8. The van der Waals surface area contributed by atoms with Gasteiger partial charge in [0, 0.05) is 0 Å². The first-order chi connectivity index (χ1) is 8.63. The Bertz CT molecular complexity index is 498. The predicted octanol–water partition coefficient (Wildman–Crippen LogP) is 5.59. The molecular formula is C16H19BrO. The first-order valence-corrected chi connectivity index (χ1v) is 7.33. The highest BCUT2D eigenvalue weighted by atomic mass is 79.9. The van der Waals surface area contributed by atoms with Crippen LogP contribution in [0.2, 0.25) is 0 Å². The molecule has 0 amide bonds. The van der Waals surface area contributed by atoms with Crippen molar-refractivity contribution in [1.82, 2.24) is 0 Å². The van der Waals surface area contributed by atoms with Gasteiger partial charge in [-0.25, -0.2) is 0 Å². The van der Waals surface area contributed by atoms with Crippen LogP contribution in [0.25, 0.3) is 0 Å². The molecule has 0 aliphatic heterocycles. The number of rotatable bonds is 4. The summed E-state index contributed by atoms with van der Waals surface area (Å²) in [7, 11) is 0. The molecule has 2 unspecified atom stereocenters. The van der Waals surface area contributed by atoms with Crippen LogP contribution in [-0.4, -0.2) is 0 Å². The number of hydrogen-bond donors (Lipinski definition) is 0. The van der Waals surface area contributed by atoms with E-state index in [1.165, 1.54) is 23.1 Å². The van der Waals surface area contributed by atoms with Crippen LogP contribution in [-0.2, 0) is 0 Å². The fourth-order valence-corrected chi connectivity index (χ4v) is 2.80. The molecule has 0 aliphatic rings. The Hall–Kier alpha value is -1.02. The fourth-order valence-electron chi connectivity index (χ4n) is 2.02. The Balaban J connectivity index is 2.22. The summed E-state index contributed by atoms with van der Waals surface area (Å²) in [6.45, 7) is 6.55. The monoisotopic (exact) mass is 306 g/mol. The fraction of sp³-hybridized carbons (Fsp3) is 0.375. The van der Waals surface area contributed by atoms with Crippen molar-refractivity contribution in [2.24, 2.45) is 0 Å². The first kappa shape index (κ1) is 13.4. The molecular weight excluding hydrogens is 288 g/mol. The zero-order chi connectivity index (χ0) is 13.1. The second-order valence-corrected chi connectivity index (χ2v) is 5.72. The second-order valence-electron chi connectivity index (χ2n) is 4.81. The maximum atomic E-state index is 5.53. The Morgan fingerprint density at radius 2 is 1.72 bits per heavy atom. The molecule has 0 bridgehead atoms. The van der Waals surface area contributed by atoms with Gasteiger partial charge in [-0.1, -0.05) is 54.0 Å². The average Bonchev–Trinajstić information content (AvgIpc) is 2.83. The second kappa shape index (κ2) is 5.75. The molecule has 1 aromatic carbocycles. The maximum Gasteiger partial charge on any atom is 0.124 e. The van der Waals surface area contributed by atoms with Crippen LogP contribution in [0.3, 0.4) is 0 Å². The molecule has 1 aromatic heterocycles. The molecule has 1 heterocycles. The molecule has 2 rings (SSSR count). The van der Waals surface area contributed by atoms with Gasteiger partial charge >= 0.3 is 0 Å². The van der Waals surface area contributed by atoms with Gasteiger partial charge in [0.25, 0.3) is 0 Å². The van der Waals surface area contributed by atoms with Crippen molar-refractivity contribution in [3.63, 3.8) is 0 Å². The lowest BCUT2D eigenvalue weighted by molar-refractivity contribution is 0.517. The van der Waals surface area contributed by atoms with Crippen molar-refractivity contribution in [2.45, 2.75) is 37.9 Å². The third kappa shape index (κ3) is 2.69. The minimum Gasteiger partial charge on any atom is -0.468 e. The van der Waals surface area contributed by atoms with Crippen molar-refractivity contribution >= 4 is 15.9 Å². The van der Waals surface area contributed by atoms with Gasteiger partial charge in [-0.3, -0.25) is 0 Å². The van der Waals surface area contributed by atoms with Gasteiger partial charge < -0.3 is 4.42 Å². The minimum atomic E-state index is 0.137. The van der Waals surface area contributed by atoms with E-state index in [1.54, 1.807) is 6.26 Å². The van der Waals surface area contributed by atoms with E-state index in [-0.39, 0.29) is 4.83 Å². The van der Waals surface area contributed by atoms with Gasteiger partial charge in [-0.2, -0.15) is 0 Å². The molecule has 96 valence electrons. The molecule has 2 atom stereocenters. The smallest absolute Gasteiger partial charge is 0.124 e. The summed E-state index contributed by atoms with van der Waals surface area (Å²) in [5, 5.41) is 0. The van der Waals surface area contributed by atoms with E-state index in [4.69, 9.17) is 4.42 Å². The van der Waals surface area contributed by atoms with Gasteiger partial charge in [0.15, 0.2) is 0 Å². The summed E-state index contributed by atoms with van der Waals surface area (Å²) < 4.78 is 5.53. The summed E-state index contributed by atoms with van der Waals surface area (Å²) in [6.07, 6.45) is 2.92. The van der Waals surface area contributed by atoms with Crippen LogP contribution >= 0.6 is 15.9 Å². The lowest BCUT2D eigenvalue weighted by Crippen LogP contribution is -1.95. The Morgan fingerprint density at radius 1 is 1.11 bits per heavy atom. The highest BCUT2D eigenvalue weighted by Gasteiger charge is 2.16. The highest BCUT2D eigenvalue weighted by molar-refractivity contribution is 9.09. The van der Waals surface area contributed by atoms with E-state index in [1.807, 2.05) is 6.07 Å². The molecule has 1 nitrogen and oxygen atoms in total. The molecule has 0 saturated heterocycles. The Morgan fingerprint density at radius 3 is 2.22 bits per heavy atom. The maximum absolute atomic E-state index is 5.53. The van der Waals surface area contributed by atoms with E-state index in [2.05, 4.69) is 61.0 Å². The number of alkyl halides is 1. The third-order valence-electron chi connectivity index (χ3n) is 3.54. The average molecular weight is 307 g/mol. The van der Waals surface area contributed by atoms with Crippen LogP contribution in [0.1, 0.15) is 53.5 Å². The number of furan rings is 1. The quantitative estimate of drug-likeness (QED) is 0.671.